The Morgan fingerprint density at radius 3 is 2.78 bits per heavy atom. The van der Waals surface area contributed by atoms with Crippen molar-refractivity contribution in [2.75, 3.05) is 13.7 Å². The molecule has 1 aromatic heterocycles. The quantitative estimate of drug-likeness (QED) is 0.570. The number of carbonyl (C=O) groups is 1. The average Bonchev–Trinajstić information content (AvgIpc) is 3.39. The Morgan fingerprint density at radius 2 is 1.97 bits per heavy atom. The van der Waals surface area contributed by atoms with Crippen LogP contribution >= 0.6 is 0 Å². The number of ether oxygens (including phenoxy) is 1. The van der Waals surface area contributed by atoms with Crippen LogP contribution in [0, 0.1) is 46.2 Å². The van der Waals surface area contributed by atoms with E-state index in [1.165, 1.54) is 25.0 Å². The number of aromatic nitrogens is 2. The molecule has 1 heterocycles. The molecule has 8 atom stereocenters. The number of hydrogen-bond donors (Lipinski definition) is 1. The van der Waals surface area contributed by atoms with Crippen LogP contribution in [0.15, 0.2) is 24.4 Å². The molecule has 2 aromatic rings. The Bertz CT molecular complexity index is 1160. The number of rotatable bonds is 5. The van der Waals surface area contributed by atoms with Crippen molar-refractivity contribution >= 4 is 16.7 Å². The van der Waals surface area contributed by atoms with Gasteiger partial charge in [0.15, 0.2) is 5.78 Å². The van der Waals surface area contributed by atoms with Gasteiger partial charge in [-0.05, 0) is 117 Å². The van der Waals surface area contributed by atoms with Gasteiger partial charge in [-0.25, -0.2) is 4.39 Å². The predicted octanol–water partition coefficient (Wildman–Crippen LogP) is 5.78. The zero-order chi connectivity index (χ0) is 25.3. The molecule has 196 valence electrons. The highest BCUT2D eigenvalue weighted by Gasteiger charge is 2.63. The number of ketones is 1. The molecule has 4 fully saturated rings. The molecule has 4 aliphatic carbocycles. The molecule has 36 heavy (non-hydrogen) atoms. The third-order valence-electron chi connectivity index (χ3n) is 11.4. The summed E-state index contributed by atoms with van der Waals surface area (Å²) in [5.41, 5.74) is 0.480. The Balaban J connectivity index is 1.23. The van der Waals surface area contributed by atoms with Gasteiger partial charge in [0.05, 0.1) is 23.9 Å². The van der Waals surface area contributed by atoms with Gasteiger partial charge in [0, 0.05) is 18.4 Å². The fourth-order valence-electron chi connectivity index (χ4n) is 9.75. The average molecular weight is 497 g/mol. The summed E-state index contributed by atoms with van der Waals surface area (Å²) in [5.74, 6) is 2.44. The maximum Gasteiger partial charge on any atom is 0.157 e. The second-order valence-electron chi connectivity index (χ2n) is 13.2. The van der Waals surface area contributed by atoms with Crippen molar-refractivity contribution < 1.29 is 19.0 Å². The molecule has 0 unspecified atom stereocenters. The first-order chi connectivity index (χ1) is 17.2. The molecule has 6 rings (SSSR count). The topological polar surface area (TPSA) is 64.3 Å². The van der Waals surface area contributed by atoms with Crippen molar-refractivity contribution in [3.05, 3.63) is 30.2 Å². The highest BCUT2D eigenvalue weighted by Crippen LogP contribution is 2.68. The van der Waals surface area contributed by atoms with Gasteiger partial charge in [-0.2, -0.15) is 5.10 Å². The first kappa shape index (κ1) is 24.5. The maximum atomic E-state index is 13.7. The van der Waals surface area contributed by atoms with E-state index >= 15 is 0 Å². The summed E-state index contributed by atoms with van der Waals surface area (Å²) in [5, 5.41) is 16.0. The van der Waals surface area contributed by atoms with Gasteiger partial charge in [0.1, 0.15) is 12.4 Å². The predicted molar refractivity (Wildman–Crippen MR) is 137 cm³/mol. The molecular formula is C30H41FN2O3. The summed E-state index contributed by atoms with van der Waals surface area (Å²) in [7, 11) is 1.84. The first-order valence-corrected chi connectivity index (χ1v) is 14.0. The minimum atomic E-state index is -0.550. The number of methoxy groups -OCH3 is 1. The third kappa shape index (κ3) is 3.69. The number of halogens is 1. The van der Waals surface area contributed by atoms with E-state index in [1.54, 1.807) is 16.9 Å². The lowest BCUT2D eigenvalue weighted by molar-refractivity contribution is -0.175. The molecule has 1 N–H and O–H groups in total. The van der Waals surface area contributed by atoms with Crippen molar-refractivity contribution in [2.45, 2.75) is 83.8 Å². The molecule has 1 aromatic carbocycles. The van der Waals surface area contributed by atoms with Crippen molar-refractivity contribution in [3.8, 4) is 0 Å². The number of aliphatic hydroxyl groups is 1. The van der Waals surface area contributed by atoms with Gasteiger partial charge < -0.3 is 9.84 Å². The maximum absolute atomic E-state index is 13.7. The Hall–Kier alpha value is -1.79. The van der Waals surface area contributed by atoms with Crippen molar-refractivity contribution in [1.82, 2.24) is 9.78 Å². The largest absolute Gasteiger partial charge is 0.390 e. The van der Waals surface area contributed by atoms with Gasteiger partial charge in [0.25, 0.3) is 0 Å². The molecular weight excluding hydrogens is 455 g/mol. The van der Waals surface area contributed by atoms with Crippen molar-refractivity contribution in [2.24, 2.45) is 40.4 Å². The molecule has 0 saturated heterocycles. The lowest BCUT2D eigenvalue weighted by atomic mass is 9.43. The van der Waals surface area contributed by atoms with Crippen LogP contribution in [-0.4, -0.2) is 40.0 Å². The second kappa shape index (κ2) is 8.62. The van der Waals surface area contributed by atoms with E-state index in [-0.39, 0.29) is 34.9 Å². The first-order valence-electron chi connectivity index (χ1n) is 14.0. The lowest BCUT2D eigenvalue weighted by Crippen LogP contribution is -2.58. The number of Topliss-reactive ketones (excluding diaryl/α,β-unsaturated/α-hetero) is 1. The zero-order valence-electron chi connectivity index (χ0n) is 22.0. The molecule has 4 saturated carbocycles. The second-order valence-corrected chi connectivity index (χ2v) is 13.2. The van der Waals surface area contributed by atoms with Gasteiger partial charge in [-0.3, -0.25) is 9.48 Å². The van der Waals surface area contributed by atoms with Crippen LogP contribution in [0.3, 0.4) is 0 Å². The van der Waals surface area contributed by atoms with Crippen LogP contribution in [0.5, 0.6) is 0 Å². The Kier molecular flexibility index (Phi) is 5.88. The van der Waals surface area contributed by atoms with Crippen molar-refractivity contribution in [1.29, 1.82) is 0 Å². The van der Waals surface area contributed by atoms with Crippen LogP contribution < -0.4 is 0 Å². The van der Waals surface area contributed by atoms with E-state index < -0.39 is 5.60 Å². The number of benzene rings is 1. The fraction of sp³-hybridized carbons (Fsp3) is 0.733. The Morgan fingerprint density at radius 1 is 1.14 bits per heavy atom. The smallest absolute Gasteiger partial charge is 0.157 e. The summed E-state index contributed by atoms with van der Waals surface area (Å²) in [6.07, 6.45) is 11.2. The molecule has 0 spiro atoms. The number of nitrogens with zero attached hydrogens (tertiary/aromatic N) is 2. The van der Waals surface area contributed by atoms with Gasteiger partial charge in [-0.1, -0.05) is 6.92 Å². The van der Waals surface area contributed by atoms with Crippen LogP contribution in [0.4, 0.5) is 4.39 Å². The van der Waals surface area contributed by atoms with Crippen LogP contribution in [0.2, 0.25) is 0 Å². The molecule has 0 aliphatic heterocycles. The van der Waals surface area contributed by atoms with Gasteiger partial charge in [-0.15, -0.1) is 0 Å². The van der Waals surface area contributed by atoms with E-state index in [1.807, 2.05) is 14.0 Å². The highest BCUT2D eigenvalue weighted by molar-refractivity contribution is 5.85. The normalized spacial score (nSPS) is 42.1. The summed E-state index contributed by atoms with van der Waals surface area (Å²) < 4.78 is 21.3. The minimum absolute atomic E-state index is 0.0363. The molecule has 5 nitrogen and oxygen atoms in total. The number of hydrogen-bond acceptors (Lipinski definition) is 4. The number of fused-ring (bicyclic) bond motifs is 6. The number of carbonyl (C=O) groups excluding carboxylic acids is 1. The zero-order valence-corrected chi connectivity index (χ0v) is 22.0. The van der Waals surface area contributed by atoms with Crippen molar-refractivity contribution in [3.63, 3.8) is 0 Å². The standard InChI is InChI=1S/C30H41FN2O3/c1-28(35)12-13-30(18-36-3)20(15-28)4-6-22-23-7-8-25(29(23,2)11-10-24(22)30)27(34)17-33-26-9-5-21(31)14-19(26)16-32-33/h5,9,14,16,20,22-25,35H,4,6-8,10-13,15,17-18H2,1-3H3/t20-,22+,23+,24+,25-,28-,29+,30-/m1/s1. The SMILES string of the molecule is COC[C@]12CC[C@@](C)(O)C[C@H]1CC[C@H]1[C@@H]3CC[C@H](C(=O)Cn4ncc5cc(F)ccc54)[C@@]3(C)CC[C@@H]12. The van der Waals surface area contributed by atoms with E-state index in [9.17, 15) is 14.3 Å². The van der Waals surface area contributed by atoms with Gasteiger partial charge in [0.2, 0.25) is 0 Å². The molecule has 6 heteroatoms. The summed E-state index contributed by atoms with van der Waals surface area (Å²) in [6.45, 7) is 5.47. The van der Waals surface area contributed by atoms with E-state index in [0.29, 0.717) is 23.7 Å². The molecule has 0 amide bonds. The molecule has 4 aliphatic rings. The highest BCUT2D eigenvalue weighted by atomic mass is 19.1. The lowest BCUT2D eigenvalue weighted by Gasteiger charge is -2.62. The van der Waals surface area contributed by atoms with Crippen LogP contribution in [-0.2, 0) is 16.1 Å². The molecule has 0 radical (unpaired) electrons. The molecule has 0 bridgehead atoms. The van der Waals surface area contributed by atoms with E-state index in [0.717, 1.165) is 62.5 Å². The minimum Gasteiger partial charge on any atom is -0.390 e. The monoisotopic (exact) mass is 496 g/mol. The van der Waals surface area contributed by atoms with E-state index in [4.69, 9.17) is 4.74 Å². The summed E-state index contributed by atoms with van der Waals surface area (Å²) >= 11 is 0. The fourth-order valence-corrected chi connectivity index (χ4v) is 9.75. The van der Waals surface area contributed by atoms with Gasteiger partial charge >= 0.3 is 0 Å². The summed E-state index contributed by atoms with van der Waals surface area (Å²) in [4.78, 5) is 13.7. The van der Waals surface area contributed by atoms with Crippen LogP contribution in [0.25, 0.3) is 10.9 Å². The van der Waals surface area contributed by atoms with E-state index in [2.05, 4.69) is 12.0 Å². The van der Waals surface area contributed by atoms with Crippen LogP contribution in [0.1, 0.15) is 71.6 Å². The Labute approximate surface area is 213 Å². The third-order valence-corrected chi connectivity index (χ3v) is 11.4. The summed E-state index contributed by atoms with van der Waals surface area (Å²) in [6, 6.07) is 4.65.